The Morgan fingerprint density at radius 3 is 2.50 bits per heavy atom. The monoisotopic (exact) mass is 368 g/mol. The second-order valence-corrected chi connectivity index (χ2v) is 7.57. The van der Waals surface area contributed by atoms with E-state index in [4.69, 9.17) is 21.7 Å². The van der Waals surface area contributed by atoms with Crippen LogP contribution in [0.25, 0.3) is 0 Å². The third-order valence-corrected chi connectivity index (χ3v) is 5.46. The van der Waals surface area contributed by atoms with Gasteiger partial charge in [-0.25, -0.2) is 0 Å². The summed E-state index contributed by atoms with van der Waals surface area (Å²) in [5.74, 6) is 2.44. The van der Waals surface area contributed by atoms with Crippen LogP contribution in [-0.4, -0.2) is 5.05 Å². The molecule has 1 saturated carbocycles. The van der Waals surface area contributed by atoms with Crippen molar-refractivity contribution in [2.24, 2.45) is 0 Å². The van der Waals surface area contributed by atoms with Crippen molar-refractivity contribution in [3.63, 3.8) is 0 Å². The molecule has 138 valence electrons. The van der Waals surface area contributed by atoms with Crippen LogP contribution in [0.5, 0.6) is 11.5 Å². The number of hydrogen-bond donors (Lipinski definition) is 0. The minimum Gasteiger partial charge on any atom is -0.488 e. The van der Waals surface area contributed by atoms with E-state index in [2.05, 4.69) is 45.0 Å². The predicted molar refractivity (Wildman–Crippen MR) is 112 cm³/mol. The van der Waals surface area contributed by atoms with Gasteiger partial charge in [-0.15, -0.1) is 0 Å². The molecule has 2 nitrogen and oxygen atoms in total. The number of benzene rings is 2. The Labute approximate surface area is 162 Å². The fourth-order valence-electron chi connectivity index (χ4n) is 3.34. The maximum atomic E-state index is 6.25. The summed E-state index contributed by atoms with van der Waals surface area (Å²) in [6.45, 7) is 8.99. The van der Waals surface area contributed by atoms with Gasteiger partial charge in [-0.05, 0) is 85.6 Å². The molecule has 3 heteroatoms. The second-order valence-electron chi connectivity index (χ2n) is 7.11. The molecule has 0 spiro atoms. The van der Waals surface area contributed by atoms with Gasteiger partial charge >= 0.3 is 0 Å². The molecule has 2 aromatic rings. The number of hydrogen-bond acceptors (Lipinski definition) is 3. The van der Waals surface area contributed by atoms with E-state index in [1.807, 2.05) is 13.0 Å². The van der Waals surface area contributed by atoms with Crippen LogP contribution >= 0.6 is 12.2 Å². The zero-order valence-electron chi connectivity index (χ0n) is 16.2. The van der Waals surface area contributed by atoms with Crippen LogP contribution in [0, 0.1) is 13.8 Å². The fourth-order valence-corrected chi connectivity index (χ4v) is 3.43. The normalized spacial score (nSPS) is 13.5. The van der Waals surface area contributed by atoms with Crippen molar-refractivity contribution >= 4 is 17.3 Å². The van der Waals surface area contributed by atoms with Gasteiger partial charge in [0.05, 0.1) is 0 Å². The van der Waals surface area contributed by atoms with Crippen LogP contribution in [0.15, 0.2) is 30.3 Å². The van der Waals surface area contributed by atoms with E-state index < -0.39 is 0 Å². The van der Waals surface area contributed by atoms with Crippen molar-refractivity contribution in [1.82, 2.24) is 0 Å². The molecule has 0 amide bonds. The van der Waals surface area contributed by atoms with Gasteiger partial charge in [0.25, 0.3) is 0 Å². The lowest BCUT2D eigenvalue weighted by Crippen LogP contribution is -2.09. The van der Waals surface area contributed by atoms with Gasteiger partial charge < -0.3 is 9.47 Å². The Bertz CT molecular complexity index is 806. The van der Waals surface area contributed by atoms with Crippen LogP contribution in [0.4, 0.5) is 0 Å². The summed E-state index contributed by atoms with van der Waals surface area (Å²) in [7, 11) is 0. The van der Waals surface area contributed by atoms with Crippen LogP contribution in [0.3, 0.4) is 0 Å². The molecule has 0 atom stereocenters. The quantitative estimate of drug-likeness (QED) is 0.524. The van der Waals surface area contributed by atoms with Crippen molar-refractivity contribution in [3.8, 4) is 11.5 Å². The Hall–Kier alpha value is -1.87. The molecule has 0 N–H and O–H groups in total. The summed E-state index contributed by atoms with van der Waals surface area (Å²) in [6, 6.07) is 10.7. The molecule has 0 aromatic heterocycles. The van der Waals surface area contributed by atoms with Gasteiger partial charge in [-0.2, -0.15) is 0 Å². The first-order valence-electron chi connectivity index (χ1n) is 9.58. The summed E-state index contributed by atoms with van der Waals surface area (Å²) in [5, 5.41) is 0.624. The van der Waals surface area contributed by atoms with E-state index in [9.17, 15) is 0 Å². The Balaban J connectivity index is 1.87. The maximum absolute atomic E-state index is 6.25. The molecule has 0 radical (unpaired) electrons. The van der Waals surface area contributed by atoms with E-state index in [-0.39, 0.29) is 0 Å². The molecule has 0 heterocycles. The van der Waals surface area contributed by atoms with Crippen molar-refractivity contribution < 1.29 is 9.47 Å². The standard InChI is InChI=1S/C23H28O2S/c1-5-17-12-16(4)22(13-15(17)3)24-14-20-19(18-10-11-18)8-7-9-21(20)25-23(26)6-2/h7-9,12-13,18H,5-6,10-11,14H2,1-4H3. The van der Waals surface area contributed by atoms with Crippen LogP contribution < -0.4 is 9.47 Å². The van der Waals surface area contributed by atoms with Gasteiger partial charge in [-0.3, -0.25) is 0 Å². The molecule has 3 rings (SSSR count). The highest BCUT2D eigenvalue weighted by molar-refractivity contribution is 7.80. The Morgan fingerprint density at radius 2 is 1.85 bits per heavy atom. The molecule has 2 aromatic carbocycles. The number of aryl methyl sites for hydroxylation is 3. The van der Waals surface area contributed by atoms with Crippen LogP contribution in [0.1, 0.15) is 66.8 Å². The molecular formula is C23H28O2S. The largest absolute Gasteiger partial charge is 0.488 e. The van der Waals surface area contributed by atoms with Gasteiger partial charge in [-0.1, -0.05) is 32.0 Å². The molecule has 0 aliphatic heterocycles. The molecule has 0 saturated heterocycles. The van der Waals surface area contributed by atoms with Crippen molar-refractivity contribution in [1.29, 1.82) is 0 Å². The lowest BCUT2D eigenvalue weighted by atomic mass is 10.0. The highest BCUT2D eigenvalue weighted by Gasteiger charge is 2.28. The van der Waals surface area contributed by atoms with E-state index in [0.717, 1.165) is 29.9 Å². The first kappa shape index (κ1) is 18.9. The third kappa shape index (κ3) is 4.27. The van der Waals surface area contributed by atoms with Crippen molar-refractivity contribution in [2.75, 3.05) is 0 Å². The van der Waals surface area contributed by atoms with E-state index in [1.54, 1.807) is 0 Å². The molecule has 0 bridgehead atoms. The minimum atomic E-state index is 0.514. The van der Waals surface area contributed by atoms with E-state index in [0.29, 0.717) is 17.6 Å². The molecule has 1 fully saturated rings. The van der Waals surface area contributed by atoms with Gasteiger partial charge in [0.15, 0.2) is 5.05 Å². The lowest BCUT2D eigenvalue weighted by molar-refractivity contribution is 0.298. The third-order valence-electron chi connectivity index (χ3n) is 5.09. The predicted octanol–water partition coefficient (Wildman–Crippen LogP) is 6.44. The van der Waals surface area contributed by atoms with Crippen molar-refractivity contribution in [3.05, 3.63) is 58.1 Å². The van der Waals surface area contributed by atoms with Gasteiger partial charge in [0.2, 0.25) is 0 Å². The maximum Gasteiger partial charge on any atom is 0.167 e. The number of ether oxygens (including phenoxy) is 2. The molecule has 0 unspecified atom stereocenters. The SMILES string of the molecule is CCC(=S)Oc1cccc(C2CC2)c1COc1cc(C)c(CC)cc1C. The smallest absolute Gasteiger partial charge is 0.167 e. The molecular weight excluding hydrogens is 340 g/mol. The average molecular weight is 369 g/mol. The lowest BCUT2D eigenvalue weighted by Gasteiger charge is -2.18. The van der Waals surface area contributed by atoms with E-state index in [1.165, 1.54) is 35.1 Å². The summed E-state index contributed by atoms with van der Waals surface area (Å²) < 4.78 is 12.2. The Morgan fingerprint density at radius 1 is 1.08 bits per heavy atom. The summed E-state index contributed by atoms with van der Waals surface area (Å²) in [6.07, 6.45) is 4.28. The summed E-state index contributed by atoms with van der Waals surface area (Å²) in [4.78, 5) is 0. The van der Waals surface area contributed by atoms with Crippen molar-refractivity contribution in [2.45, 2.75) is 65.9 Å². The summed E-state index contributed by atoms with van der Waals surface area (Å²) >= 11 is 5.30. The highest BCUT2D eigenvalue weighted by Crippen LogP contribution is 2.44. The Kier molecular flexibility index (Phi) is 5.98. The molecule has 1 aliphatic carbocycles. The first-order valence-corrected chi connectivity index (χ1v) is 9.99. The topological polar surface area (TPSA) is 18.5 Å². The van der Waals surface area contributed by atoms with Crippen LogP contribution in [-0.2, 0) is 13.0 Å². The number of thiocarbonyl (C=S) groups is 1. The minimum absolute atomic E-state index is 0.514. The average Bonchev–Trinajstić information content (AvgIpc) is 3.47. The van der Waals surface area contributed by atoms with Crippen LogP contribution in [0.2, 0.25) is 0 Å². The molecule has 1 aliphatic rings. The zero-order valence-corrected chi connectivity index (χ0v) is 17.0. The molecule has 26 heavy (non-hydrogen) atoms. The van der Waals surface area contributed by atoms with E-state index >= 15 is 0 Å². The second kappa shape index (κ2) is 8.22. The summed E-state index contributed by atoms with van der Waals surface area (Å²) in [5.41, 5.74) is 6.34. The van der Waals surface area contributed by atoms with Gasteiger partial charge in [0.1, 0.15) is 18.1 Å². The highest BCUT2D eigenvalue weighted by atomic mass is 32.1. The first-order chi connectivity index (χ1) is 12.5. The fraction of sp³-hybridized carbons (Fsp3) is 0.435. The zero-order chi connectivity index (χ0) is 18.7. The number of rotatable bonds is 7. The van der Waals surface area contributed by atoms with Gasteiger partial charge in [0, 0.05) is 12.0 Å².